The molecule has 62 heavy (non-hydrogen) atoms. The first kappa shape index (κ1) is 35.8. The average Bonchev–Trinajstić information content (AvgIpc) is 3.65. The molecule has 0 N–H and O–H groups in total. The number of ether oxygens (including phenoxy) is 1. The molecule has 9 aromatic carbocycles. The lowest BCUT2D eigenvalue weighted by Crippen LogP contribution is -2.32. The smallest absolute Gasteiger partial charge is 0.161 e. The average molecular weight is 791 g/mol. The zero-order chi connectivity index (χ0) is 41.0. The highest BCUT2D eigenvalue weighted by atomic mass is 16.5. The van der Waals surface area contributed by atoms with Crippen LogP contribution in [0.2, 0.25) is 0 Å². The Morgan fingerprint density at radius 3 is 1.24 bits per heavy atom. The summed E-state index contributed by atoms with van der Waals surface area (Å²) in [5.74, 6) is 2.40. The van der Waals surface area contributed by atoms with Crippen molar-refractivity contribution in [2.75, 3.05) is 0 Å². The fourth-order valence-electron chi connectivity index (χ4n) is 9.75. The third kappa shape index (κ3) is 5.74. The van der Waals surface area contributed by atoms with E-state index in [0.29, 0.717) is 5.82 Å². The Morgan fingerprint density at radius 2 is 0.677 bits per heavy atom. The second-order valence-corrected chi connectivity index (χ2v) is 16.0. The van der Waals surface area contributed by atoms with Gasteiger partial charge in [0.1, 0.15) is 11.5 Å². The van der Waals surface area contributed by atoms with E-state index < -0.39 is 5.41 Å². The van der Waals surface area contributed by atoms with Gasteiger partial charge in [0.15, 0.2) is 5.82 Å². The molecule has 1 aliphatic carbocycles. The molecule has 1 aliphatic heterocycles. The summed E-state index contributed by atoms with van der Waals surface area (Å²) in [6, 6.07) is 81.9. The fraction of sp³-hybridized carbons (Fsp3) is 0.0169. The van der Waals surface area contributed by atoms with Gasteiger partial charge in [-0.3, -0.25) is 0 Å². The summed E-state index contributed by atoms with van der Waals surface area (Å²) in [6.07, 6.45) is 0. The predicted molar refractivity (Wildman–Crippen MR) is 252 cm³/mol. The molecule has 290 valence electrons. The molecule has 0 radical (unpaired) electrons. The molecule has 0 saturated carbocycles. The highest BCUT2D eigenvalue weighted by molar-refractivity contribution is 5.90. The number of nitrogens with zero attached hydrogens (tertiary/aromatic N) is 2. The van der Waals surface area contributed by atoms with Crippen molar-refractivity contribution in [2.24, 2.45) is 0 Å². The minimum absolute atomic E-state index is 0.566. The molecule has 1 spiro atoms. The fourth-order valence-corrected chi connectivity index (χ4v) is 9.75. The van der Waals surface area contributed by atoms with Crippen molar-refractivity contribution in [1.82, 2.24) is 9.97 Å². The van der Waals surface area contributed by atoms with Gasteiger partial charge in [0.05, 0.1) is 16.8 Å². The van der Waals surface area contributed by atoms with Crippen LogP contribution in [0.4, 0.5) is 0 Å². The third-order valence-corrected chi connectivity index (χ3v) is 12.6. The number of benzene rings is 9. The predicted octanol–water partition coefficient (Wildman–Crippen LogP) is 14.9. The highest BCUT2D eigenvalue weighted by Crippen LogP contribution is 2.62. The van der Waals surface area contributed by atoms with Crippen LogP contribution in [0.25, 0.3) is 78.4 Å². The van der Waals surface area contributed by atoms with Crippen molar-refractivity contribution in [3.8, 4) is 89.9 Å². The first-order valence-electron chi connectivity index (χ1n) is 21.1. The number of para-hydroxylation sites is 1. The maximum Gasteiger partial charge on any atom is 0.161 e. The van der Waals surface area contributed by atoms with Gasteiger partial charge in [-0.05, 0) is 79.9 Å². The molecule has 0 saturated heterocycles. The van der Waals surface area contributed by atoms with Crippen molar-refractivity contribution in [1.29, 1.82) is 0 Å². The maximum absolute atomic E-state index is 6.78. The van der Waals surface area contributed by atoms with Gasteiger partial charge in [0.2, 0.25) is 0 Å². The minimum Gasteiger partial charge on any atom is -0.457 e. The van der Waals surface area contributed by atoms with Gasteiger partial charge in [-0.15, -0.1) is 0 Å². The molecule has 2 heterocycles. The van der Waals surface area contributed by atoms with E-state index in [-0.39, 0.29) is 0 Å². The van der Waals surface area contributed by atoms with E-state index in [2.05, 4.69) is 218 Å². The molecule has 0 atom stereocenters. The Labute approximate surface area is 361 Å². The number of hydrogen-bond acceptors (Lipinski definition) is 3. The number of rotatable bonds is 6. The molecule has 3 nitrogen and oxygen atoms in total. The van der Waals surface area contributed by atoms with Gasteiger partial charge in [-0.1, -0.05) is 206 Å². The van der Waals surface area contributed by atoms with Crippen LogP contribution in [0.3, 0.4) is 0 Å². The van der Waals surface area contributed by atoms with E-state index in [0.717, 1.165) is 73.0 Å². The molecular formula is C59H38N2O. The van der Waals surface area contributed by atoms with Crippen molar-refractivity contribution in [3.05, 3.63) is 253 Å². The van der Waals surface area contributed by atoms with E-state index in [1.807, 2.05) is 12.1 Å². The molecule has 10 aromatic rings. The van der Waals surface area contributed by atoms with Crippen molar-refractivity contribution < 1.29 is 4.74 Å². The van der Waals surface area contributed by atoms with Crippen molar-refractivity contribution in [2.45, 2.75) is 5.41 Å². The van der Waals surface area contributed by atoms with E-state index in [9.17, 15) is 0 Å². The molecule has 3 heteroatoms. The van der Waals surface area contributed by atoms with Crippen LogP contribution in [-0.2, 0) is 5.41 Å². The molecule has 0 unspecified atom stereocenters. The Hall–Kier alpha value is -8.14. The second kappa shape index (κ2) is 14.5. The normalized spacial score (nSPS) is 12.8. The van der Waals surface area contributed by atoms with Gasteiger partial charge in [-0.25, -0.2) is 9.97 Å². The van der Waals surface area contributed by atoms with Crippen molar-refractivity contribution in [3.63, 3.8) is 0 Å². The molecule has 1 aromatic heterocycles. The number of fused-ring (bicyclic) bond motifs is 9. The van der Waals surface area contributed by atoms with Crippen LogP contribution in [0.1, 0.15) is 22.3 Å². The molecule has 12 rings (SSSR count). The van der Waals surface area contributed by atoms with Crippen LogP contribution in [-0.4, -0.2) is 9.97 Å². The number of hydrogen-bond donors (Lipinski definition) is 0. The van der Waals surface area contributed by atoms with Crippen LogP contribution in [0, 0.1) is 0 Å². The van der Waals surface area contributed by atoms with Crippen LogP contribution < -0.4 is 4.74 Å². The molecule has 2 aliphatic rings. The summed E-state index contributed by atoms with van der Waals surface area (Å²) in [5.41, 5.74) is 18.3. The summed E-state index contributed by atoms with van der Waals surface area (Å²) in [6.45, 7) is 0. The van der Waals surface area contributed by atoms with E-state index in [1.54, 1.807) is 0 Å². The Kier molecular flexibility index (Phi) is 8.39. The van der Waals surface area contributed by atoms with Gasteiger partial charge < -0.3 is 4.74 Å². The van der Waals surface area contributed by atoms with E-state index in [1.165, 1.54) is 33.4 Å². The van der Waals surface area contributed by atoms with E-state index in [4.69, 9.17) is 14.7 Å². The zero-order valence-electron chi connectivity index (χ0n) is 33.7. The monoisotopic (exact) mass is 790 g/mol. The lowest BCUT2D eigenvalue weighted by molar-refractivity contribution is 0.436. The second-order valence-electron chi connectivity index (χ2n) is 16.0. The topological polar surface area (TPSA) is 35.0 Å². The Balaban J connectivity index is 1.03. The van der Waals surface area contributed by atoms with Gasteiger partial charge in [0, 0.05) is 27.8 Å². The summed E-state index contributed by atoms with van der Waals surface area (Å²) in [4.78, 5) is 10.7. The first-order valence-corrected chi connectivity index (χ1v) is 21.1. The molecule has 0 amide bonds. The Morgan fingerprint density at radius 1 is 0.274 bits per heavy atom. The quantitative estimate of drug-likeness (QED) is 0.168. The van der Waals surface area contributed by atoms with Crippen molar-refractivity contribution >= 4 is 0 Å². The standard InChI is InChI=1S/C59H38N2O/c1-3-15-39(16-4-1)41-27-31-43(32-28-41)54-38-55(44-33-29-42(30-34-44)40-17-5-2-6-18-40)61-58(60-54)49-22-8-7-19-46(49)45-35-36-57-53(37-45)59(52-25-13-14-26-56(52)62-57)50-23-11-9-20-47(50)48-21-10-12-24-51(48)59/h1-38H. The third-order valence-electron chi connectivity index (χ3n) is 12.6. The highest BCUT2D eigenvalue weighted by Gasteiger charge is 2.51. The Bertz CT molecular complexity index is 3150. The largest absolute Gasteiger partial charge is 0.457 e. The number of aromatic nitrogens is 2. The first-order chi connectivity index (χ1) is 30.7. The zero-order valence-corrected chi connectivity index (χ0v) is 33.7. The molecule has 0 bridgehead atoms. The minimum atomic E-state index is -0.566. The van der Waals surface area contributed by atoms with Gasteiger partial charge in [-0.2, -0.15) is 0 Å². The maximum atomic E-state index is 6.78. The molecular weight excluding hydrogens is 753 g/mol. The van der Waals surface area contributed by atoms with Crippen LogP contribution >= 0.6 is 0 Å². The van der Waals surface area contributed by atoms with Crippen LogP contribution in [0.5, 0.6) is 11.5 Å². The lowest BCUT2D eigenvalue weighted by atomic mass is 9.65. The molecule has 0 fully saturated rings. The summed E-state index contributed by atoms with van der Waals surface area (Å²) >= 11 is 0. The summed E-state index contributed by atoms with van der Waals surface area (Å²) in [7, 11) is 0. The van der Waals surface area contributed by atoms with Gasteiger partial charge in [0.25, 0.3) is 0 Å². The summed E-state index contributed by atoms with van der Waals surface area (Å²) < 4.78 is 6.78. The lowest BCUT2D eigenvalue weighted by Gasteiger charge is -2.39. The van der Waals surface area contributed by atoms with Gasteiger partial charge >= 0.3 is 0 Å². The van der Waals surface area contributed by atoms with E-state index >= 15 is 0 Å². The SMILES string of the molecule is c1ccc(-c2ccc(-c3cc(-c4ccc(-c5ccccc5)cc4)nc(-c4ccccc4-c4ccc5c(c4)C4(c6ccccc6O5)c5ccccc5-c5ccccc54)n3)cc2)cc1. The van der Waals surface area contributed by atoms with Crippen LogP contribution in [0.15, 0.2) is 231 Å². The summed E-state index contributed by atoms with van der Waals surface area (Å²) in [5, 5.41) is 0.